The van der Waals surface area contributed by atoms with Crippen molar-refractivity contribution < 1.29 is 9.47 Å². The lowest BCUT2D eigenvalue weighted by atomic mass is 9.90. The van der Waals surface area contributed by atoms with Crippen LogP contribution in [0.3, 0.4) is 0 Å². The third-order valence-corrected chi connectivity index (χ3v) is 5.54. The lowest BCUT2D eigenvalue weighted by Gasteiger charge is -2.52. The van der Waals surface area contributed by atoms with Crippen LogP contribution in [0.25, 0.3) is 0 Å². The van der Waals surface area contributed by atoms with E-state index in [1.807, 2.05) is 12.1 Å². The van der Waals surface area contributed by atoms with Gasteiger partial charge < -0.3 is 14.8 Å². The summed E-state index contributed by atoms with van der Waals surface area (Å²) in [6, 6.07) is 12.4. The molecule has 2 bridgehead atoms. The zero-order valence-electron chi connectivity index (χ0n) is 14.3. The first kappa shape index (κ1) is 16.7. The van der Waals surface area contributed by atoms with Crippen molar-refractivity contribution >= 4 is 38.9 Å². The number of halogens is 1. The minimum Gasteiger partial charge on any atom is -0.493 e. The van der Waals surface area contributed by atoms with Crippen LogP contribution >= 0.6 is 28.1 Å². The van der Waals surface area contributed by atoms with E-state index in [0.29, 0.717) is 5.11 Å². The summed E-state index contributed by atoms with van der Waals surface area (Å²) in [6.45, 7) is 4.16. The molecule has 2 unspecified atom stereocenters. The smallest absolute Gasteiger partial charge is 0.188 e. The third kappa shape index (κ3) is 2.68. The van der Waals surface area contributed by atoms with Crippen molar-refractivity contribution in [1.29, 1.82) is 0 Å². The lowest BCUT2D eigenvalue weighted by Crippen LogP contribution is -2.65. The third-order valence-electron chi connectivity index (χ3n) is 4.78. The average Bonchev–Trinajstić information content (AvgIpc) is 2.54. The van der Waals surface area contributed by atoms with Gasteiger partial charge in [-0.15, -0.1) is 0 Å². The average molecular weight is 419 g/mol. The molecule has 2 aliphatic rings. The van der Waals surface area contributed by atoms with Crippen LogP contribution in [-0.4, -0.2) is 17.9 Å². The van der Waals surface area contributed by atoms with Gasteiger partial charge in [0.25, 0.3) is 0 Å². The van der Waals surface area contributed by atoms with Crippen LogP contribution in [0.1, 0.15) is 30.5 Å². The Balaban J connectivity index is 1.84. The second kappa shape index (κ2) is 5.88. The predicted octanol–water partition coefficient (Wildman–Crippen LogP) is 4.70. The van der Waals surface area contributed by atoms with Gasteiger partial charge in [-0.1, -0.05) is 28.1 Å². The number of thiocarbonyl (C=S) groups is 1. The molecule has 6 heteroatoms. The van der Waals surface area contributed by atoms with E-state index in [4.69, 9.17) is 21.7 Å². The highest BCUT2D eigenvalue weighted by Gasteiger charge is 2.49. The van der Waals surface area contributed by atoms with Crippen LogP contribution in [0.4, 0.5) is 5.69 Å². The number of ether oxygens (including phenoxy) is 2. The monoisotopic (exact) mass is 418 g/mol. The fourth-order valence-corrected chi connectivity index (χ4v) is 4.61. The highest BCUT2D eigenvalue weighted by atomic mass is 79.9. The second-order valence-corrected chi connectivity index (χ2v) is 7.99. The summed E-state index contributed by atoms with van der Waals surface area (Å²) in [4.78, 5) is 2.07. The number of anilines is 1. The standard InChI is InChI=1S/C19H19BrN2O2S/c1-11-5-4-6-13(7-11)22-18(25)21-15-10-19(22,2)24-17-14(15)8-12(20)9-16(17)23-3/h4-9,15H,10H2,1-3H3,(H,21,25). The number of rotatable bonds is 2. The molecule has 2 aromatic rings. The topological polar surface area (TPSA) is 33.7 Å². The van der Waals surface area contributed by atoms with Crippen LogP contribution in [-0.2, 0) is 0 Å². The molecule has 1 N–H and O–H groups in total. The van der Waals surface area contributed by atoms with Crippen LogP contribution in [0.2, 0.25) is 0 Å². The molecule has 2 heterocycles. The molecular formula is C19H19BrN2O2S. The molecule has 0 aliphatic carbocycles. The van der Waals surface area contributed by atoms with Crippen molar-refractivity contribution in [3.63, 3.8) is 0 Å². The van der Waals surface area contributed by atoms with Crippen molar-refractivity contribution in [2.75, 3.05) is 12.0 Å². The minimum atomic E-state index is -0.575. The number of nitrogens with zero attached hydrogens (tertiary/aromatic N) is 1. The summed E-state index contributed by atoms with van der Waals surface area (Å²) in [5.41, 5.74) is 2.70. The zero-order chi connectivity index (χ0) is 17.8. The predicted molar refractivity (Wildman–Crippen MR) is 106 cm³/mol. The molecule has 130 valence electrons. The molecule has 0 amide bonds. The number of hydrogen-bond acceptors (Lipinski definition) is 3. The maximum atomic E-state index is 6.50. The summed E-state index contributed by atoms with van der Waals surface area (Å²) in [5, 5.41) is 4.15. The Hall–Kier alpha value is -1.79. The molecule has 1 saturated heterocycles. The SMILES string of the molecule is COc1cc(Br)cc2c1OC1(C)CC2NC(=S)N1c1cccc(C)c1. The van der Waals surface area contributed by atoms with Gasteiger partial charge in [-0.2, -0.15) is 0 Å². The maximum absolute atomic E-state index is 6.50. The lowest BCUT2D eigenvalue weighted by molar-refractivity contribution is 0.0464. The molecule has 2 atom stereocenters. The van der Waals surface area contributed by atoms with E-state index in [-0.39, 0.29) is 6.04 Å². The molecule has 0 radical (unpaired) electrons. The fourth-order valence-electron chi connectivity index (χ4n) is 3.71. The molecule has 2 aliphatic heterocycles. The van der Waals surface area contributed by atoms with E-state index >= 15 is 0 Å². The Bertz CT molecular complexity index is 872. The van der Waals surface area contributed by atoms with E-state index in [2.05, 4.69) is 64.3 Å². The number of nitrogens with one attached hydrogen (secondary N) is 1. The molecule has 0 spiro atoms. The highest BCUT2D eigenvalue weighted by Crippen LogP contribution is 2.50. The normalized spacial score (nSPS) is 24.2. The van der Waals surface area contributed by atoms with Gasteiger partial charge in [0.1, 0.15) is 0 Å². The summed E-state index contributed by atoms with van der Waals surface area (Å²) in [6.07, 6.45) is 0.785. The molecule has 4 rings (SSSR count). The number of benzene rings is 2. The van der Waals surface area contributed by atoms with Crippen LogP contribution in [0.5, 0.6) is 11.5 Å². The highest BCUT2D eigenvalue weighted by molar-refractivity contribution is 9.10. The summed E-state index contributed by atoms with van der Waals surface area (Å²) in [7, 11) is 1.66. The Morgan fingerprint density at radius 2 is 2.16 bits per heavy atom. The Labute approximate surface area is 161 Å². The summed E-state index contributed by atoms with van der Waals surface area (Å²) in [5.74, 6) is 1.50. The van der Waals surface area contributed by atoms with Crippen LogP contribution in [0, 0.1) is 6.92 Å². The van der Waals surface area contributed by atoms with Crippen molar-refractivity contribution in [2.45, 2.75) is 32.0 Å². The Morgan fingerprint density at radius 1 is 1.36 bits per heavy atom. The first-order valence-electron chi connectivity index (χ1n) is 8.15. The largest absolute Gasteiger partial charge is 0.493 e. The minimum absolute atomic E-state index is 0.0914. The van der Waals surface area contributed by atoms with Gasteiger partial charge >= 0.3 is 0 Å². The molecule has 25 heavy (non-hydrogen) atoms. The fraction of sp³-hybridized carbons (Fsp3) is 0.316. The van der Waals surface area contributed by atoms with Gasteiger partial charge in [0.05, 0.1) is 13.2 Å². The summed E-state index contributed by atoms with van der Waals surface area (Å²) < 4.78 is 13.0. The van der Waals surface area contributed by atoms with E-state index in [9.17, 15) is 0 Å². The van der Waals surface area contributed by atoms with Crippen molar-refractivity contribution in [2.24, 2.45) is 0 Å². The van der Waals surface area contributed by atoms with Crippen LogP contribution < -0.4 is 19.7 Å². The van der Waals surface area contributed by atoms with E-state index in [0.717, 1.165) is 33.6 Å². The number of methoxy groups -OCH3 is 1. The molecule has 2 aromatic carbocycles. The quantitative estimate of drug-likeness (QED) is 0.714. The number of fused-ring (bicyclic) bond motifs is 4. The maximum Gasteiger partial charge on any atom is 0.188 e. The second-order valence-electron chi connectivity index (χ2n) is 6.68. The van der Waals surface area contributed by atoms with Gasteiger partial charge in [-0.25, -0.2) is 0 Å². The zero-order valence-corrected chi connectivity index (χ0v) is 16.7. The molecule has 1 fully saturated rings. The molecule has 0 aromatic heterocycles. The Morgan fingerprint density at radius 3 is 2.88 bits per heavy atom. The first-order valence-corrected chi connectivity index (χ1v) is 9.35. The van der Waals surface area contributed by atoms with Crippen LogP contribution in [0.15, 0.2) is 40.9 Å². The van der Waals surface area contributed by atoms with Crippen molar-refractivity contribution in [1.82, 2.24) is 5.32 Å². The van der Waals surface area contributed by atoms with Gasteiger partial charge in [0, 0.05) is 22.1 Å². The number of aryl methyl sites for hydroxylation is 1. The van der Waals surface area contributed by atoms with E-state index < -0.39 is 5.72 Å². The summed E-state index contributed by atoms with van der Waals surface area (Å²) >= 11 is 9.24. The molecule has 4 nitrogen and oxygen atoms in total. The van der Waals surface area contributed by atoms with Gasteiger partial charge in [-0.3, -0.25) is 4.90 Å². The molecule has 0 saturated carbocycles. The first-order chi connectivity index (χ1) is 11.9. The number of hydrogen-bond donors (Lipinski definition) is 1. The van der Waals surface area contributed by atoms with Crippen molar-refractivity contribution in [3.05, 3.63) is 52.0 Å². The Kier molecular flexibility index (Phi) is 3.92. The van der Waals surface area contributed by atoms with E-state index in [1.165, 1.54) is 5.56 Å². The van der Waals surface area contributed by atoms with Gasteiger partial charge in [-0.05, 0) is 55.9 Å². The van der Waals surface area contributed by atoms with Crippen molar-refractivity contribution in [3.8, 4) is 11.5 Å². The molecular weight excluding hydrogens is 400 g/mol. The van der Waals surface area contributed by atoms with E-state index in [1.54, 1.807) is 7.11 Å². The van der Waals surface area contributed by atoms with Gasteiger partial charge in [0.2, 0.25) is 0 Å². The van der Waals surface area contributed by atoms with Gasteiger partial charge in [0.15, 0.2) is 22.3 Å².